The van der Waals surface area contributed by atoms with Crippen molar-refractivity contribution >= 4 is 35.0 Å². The van der Waals surface area contributed by atoms with Crippen LogP contribution in [0.1, 0.15) is 42.2 Å². The Kier molecular flexibility index (Phi) is 5.31. The summed E-state index contributed by atoms with van der Waals surface area (Å²) in [4.78, 5) is 34.3. The maximum atomic E-state index is 11.5. The van der Waals surface area contributed by atoms with Crippen LogP contribution in [0.25, 0.3) is 0 Å². The maximum absolute atomic E-state index is 11.5. The van der Waals surface area contributed by atoms with Gasteiger partial charge in [-0.1, -0.05) is 0 Å². The summed E-state index contributed by atoms with van der Waals surface area (Å²) in [6, 6.07) is 1.52. The molecule has 0 spiro atoms. The van der Waals surface area contributed by atoms with E-state index in [4.69, 9.17) is 9.84 Å². The minimum atomic E-state index is -1.13. The molecular formula is C13H18N2O5S. The Balaban J connectivity index is 2.74. The van der Waals surface area contributed by atoms with Crippen LogP contribution in [0.15, 0.2) is 6.07 Å². The van der Waals surface area contributed by atoms with E-state index in [2.05, 4.69) is 10.6 Å². The van der Waals surface area contributed by atoms with E-state index in [1.807, 2.05) is 0 Å². The van der Waals surface area contributed by atoms with Gasteiger partial charge >= 0.3 is 12.1 Å². The number of carboxylic acid groups (broad SMARTS) is 1. The molecule has 0 aliphatic carbocycles. The van der Waals surface area contributed by atoms with Crippen LogP contribution in [0.2, 0.25) is 0 Å². The van der Waals surface area contributed by atoms with Gasteiger partial charge in [0.25, 0.3) is 0 Å². The SMILES string of the molecule is CC(=O)Nc1cc(CNC(=O)OC(C)(C)C)sc1C(=O)O. The normalized spacial score (nSPS) is 10.9. The molecule has 8 heteroatoms. The first-order valence-corrected chi connectivity index (χ1v) is 7.00. The maximum Gasteiger partial charge on any atom is 0.407 e. The van der Waals surface area contributed by atoms with E-state index >= 15 is 0 Å². The number of carbonyl (C=O) groups excluding carboxylic acids is 2. The lowest BCUT2D eigenvalue weighted by Crippen LogP contribution is -2.31. The van der Waals surface area contributed by atoms with Crippen LogP contribution in [0, 0.1) is 0 Å². The largest absolute Gasteiger partial charge is 0.477 e. The summed E-state index contributed by atoms with van der Waals surface area (Å²) in [7, 11) is 0. The van der Waals surface area contributed by atoms with Crippen molar-refractivity contribution in [3.05, 3.63) is 15.8 Å². The average Bonchev–Trinajstić information content (AvgIpc) is 2.66. The van der Waals surface area contributed by atoms with Crippen molar-refractivity contribution in [3.8, 4) is 0 Å². The fourth-order valence-electron chi connectivity index (χ4n) is 1.44. The summed E-state index contributed by atoms with van der Waals surface area (Å²) in [5, 5.41) is 14.0. The van der Waals surface area contributed by atoms with Crippen molar-refractivity contribution in [1.82, 2.24) is 5.32 Å². The second-order valence-corrected chi connectivity index (χ2v) is 6.43. The smallest absolute Gasteiger partial charge is 0.407 e. The van der Waals surface area contributed by atoms with Crippen LogP contribution in [0.5, 0.6) is 0 Å². The number of ether oxygens (including phenoxy) is 1. The molecule has 21 heavy (non-hydrogen) atoms. The van der Waals surface area contributed by atoms with Gasteiger partial charge in [0.05, 0.1) is 12.2 Å². The third-order valence-electron chi connectivity index (χ3n) is 2.09. The van der Waals surface area contributed by atoms with Crippen molar-refractivity contribution in [2.45, 2.75) is 39.8 Å². The van der Waals surface area contributed by atoms with Crippen LogP contribution in [-0.4, -0.2) is 28.7 Å². The van der Waals surface area contributed by atoms with Gasteiger partial charge in [-0.2, -0.15) is 0 Å². The molecule has 0 aliphatic rings. The molecule has 0 aromatic carbocycles. The first-order valence-electron chi connectivity index (χ1n) is 6.19. The Morgan fingerprint density at radius 3 is 2.43 bits per heavy atom. The molecule has 116 valence electrons. The Morgan fingerprint density at radius 1 is 1.33 bits per heavy atom. The van der Waals surface area contributed by atoms with Crippen molar-refractivity contribution in [2.24, 2.45) is 0 Å². The summed E-state index contributed by atoms with van der Waals surface area (Å²) < 4.78 is 5.08. The average molecular weight is 314 g/mol. The van der Waals surface area contributed by atoms with Gasteiger partial charge in [0.2, 0.25) is 5.91 Å². The molecular weight excluding hydrogens is 296 g/mol. The molecule has 0 unspecified atom stereocenters. The van der Waals surface area contributed by atoms with Gasteiger partial charge in [-0.05, 0) is 26.8 Å². The minimum absolute atomic E-state index is 0.0196. The number of amides is 2. The Hall–Kier alpha value is -2.09. The molecule has 1 heterocycles. The molecule has 0 radical (unpaired) electrons. The topological polar surface area (TPSA) is 105 Å². The van der Waals surface area contributed by atoms with Gasteiger partial charge in [0.15, 0.2) is 0 Å². The van der Waals surface area contributed by atoms with Gasteiger partial charge in [0.1, 0.15) is 10.5 Å². The molecule has 2 amide bonds. The van der Waals surface area contributed by atoms with Crippen LogP contribution < -0.4 is 10.6 Å². The minimum Gasteiger partial charge on any atom is -0.477 e. The second-order valence-electron chi connectivity index (χ2n) is 5.30. The zero-order chi connectivity index (χ0) is 16.2. The van der Waals surface area contributed by atoms with E-state index in [-0.39, 0.29) is 23.0 Å². The summed E-state index contributed by atoms with van der Waals surface area (Å²) in [5.74, 6) is -1.49. The number of anilines is 1. The van der Waals surface area contributed by atoms with E-state index in [0.717, 1.165) is 11.3 Å². The molecule has 0 saturated heterocycles. The van der Waals surface area contributed by atoms with E-state index in [9.17, 15) is 14.4 Å². The second kappa shape index (κ2) is 6.57. The molecule has 3 N–H and O–H groups in total. The summed E-state index contributed by atoms with van der Waals surface area (Å²) in [5.41, 5.74) is -0.381. The first kappa shape index (κ1) is 17.0. The molecule has 1 aromatic heterocycles. The van der Waals surface area contributed by atoms with Crippen molar-refractivity contribution in [2.75, 3.05) is 5.32 Å². The van der Waals surface area contributed by atoms with Gasteiger partial charge in [-0.25, -0.2) is 9.59 Å². The number of thiophene rings is 1. The van der Waals surface area contributed by atoms with Gasteiger partial charge in [-0.3, -0.25) is 4.79 Å². The lowest BCUT2D eigenvalue weighted by molar-refractivity contribution is -0.114. The van der Waals surface area contributed by atoms with Gasteiger partial charge in [-0.15, -0.1) is 11.3 Å². The number of hydrogen-bond donors (Lipinski definition) is 3. The van der Waals surface area contributed by atoms with Crippen LogP contribution >= 0.6 is 11.3 Å². The molecule has 0 aliphatic heterocycles. The van der Waals surface area contributed by atoms with E-state index in [1.54, 1.807) is 20.8 Å². The highest BCUT2D eigenvalue weighted by atomic mass is 32.1. The van der Waals surface area contributed by atoms with E-state index < -0.39 is 17.7 Å². The highest BCUT2D eigenvalue weighted by molar-refractivity contribution is 7.14. The zero-order valence-corrected chi connectivity index (χ0v) is 13.1. The molecule has 1 aromatic rings. The number of nitrogens with one attached hydrogen (secondary N) is 2. The number of aromatic carboxylic acids is 1. The Morgan fingerprint density at radius 2 is 1.95 bits per heavy atom. The molecule has 0 atom stereocenters. The molecule has 1 rings (SSSR count). The number of hydrogen-bond acceptors (Lipinski definition) is 5. The predicted octanol–water partition coefficient (Wildman–Crippen LogP) is 2.43. The number of carbonyl (C=O) groups is 3. The summed E-state index contributed by atoms with van der Waals surface area (Å²) in [6.07, 6.45) is -0.589. The highest BCUT2D eigenvalue weighted by Gasteiger charge is 2.18. The van der Waals surface area contributed by atoms with Crippen LogP contribution in [0.4, 0.5) is 10.5 Å². The molecule has 0 saturated carbocycles. The van der Waals surface area contributed by atoms with Crippen LogP contribution in [-0.2, 0) is 16.1 Å². The van der Waals surface area contributed by atoms with Gasteiger partial charge < -0.3 is 20.5 Å². The standard InChI is InChI=1S/C13H18N2O5S/c1-7(16)15-9-5-8(21-10(9)11(17)18)6-14-12(19)20-13(2,3)4/h5H,6H2,1-4H3,(H,14,19)(H,15,16)(H,17,18). The zero-order valence-electron chi connectivity index (χ0n) is 12.3. The van der Waals surface area contributed by atoms with Crippen molar-refractivity contribution in [1.29, 1.82) is 0 Å². The van der Waals surface area contributed by atoms with E-state index in [1.165, 1.54) is 13.0 Å². The first-order chi connectivity index (χ1) is 9.58. The predicted molar refractivity (Wildman–Crippen MR) is 78.7 cm³/mol. The summed E-state index contributed by atoms with van der Waals surface area (Å²) in [6.45, 7) is 6.65. The number of carboxylic acids is 1. The van der Waals surface area contributed by atoms with Crippen molar-refractivity contribution in [3.63, 3.8) is 0 Å². The third-order valence-corrected chi connectivity index (χ3v) is 3.22. The third kappa shape index (κ3) is 5.82. The summed E-state index contributed by atoms with van der Waals surface area (Å²) >= 11 is 0.985. The fraction of sp³-hybridized carbons (Fsp3) is 0.462. The van der Waals surface area contributed by atoms with Crippen molar-refractivity contribution < 1.29 is 24.2 Å². The van der Waals surface area contributed by atoms with E-state index in [0.29, 0.717) is 4.88 Å². The molecule has 0 fully saturated rings. The Bertz CT molecular complexity index is 559. The number of alkyl carbamates (subject to hydrolysis) is 1. The lowest BCUT2D eigenvalue weighted by atomic mass is 10.2. The lowest BCUT2D eigenvalue weighted by Gasteiger charge is -2.19. The fourth-order valence-corrected chi connectivity index (χ4v) is 2.33. The number of rotatable bonds is 4. The highest BCUT2D eigenvalue weighted by Crippen LogP contribution is 2.27. The van der Waals surface area contributed by atoms with Gasteiger partial charge in [0, 0.05) is 11.8 Å². The monoisotopic (exact) mass is 314 g/mol. The Labute approximate surface area is 126 Å². The van der Waals surface area contributed by atoms with Crippen LogP contribution in [0.3, 0.4) is 0 Å². The quantitative estimate of drug-likeness (QED) is 0.791. The molecule has 7 nitrogen and oxygen atoms in total. The molecule has 0 bridgehead atoms.